The molecule has 0 fully saturated rings. The highest BCUT2D eigenvalue weighted by Gasteiger charge is 2.33. The van der Waals surface area contributed by atoms with Crippen LogP contribution in [-0.4, -0.2) is 10.9 Å². The summed E-state index contributed by atoms with van der Waals surface area (Å²) in [6.45, 7) is 0. The maximum Gasteiger partial charge on any atom is 0.417 e. The summed E-state index contributed by atoms with van der Waals surface area (Å²) in [5.41, 5.74) is 5.63. The maximum atomic E-state index is 13.0. The molecule has 3 aromatic rings. The Morgan fingerprint density at radius 3 is 2.66 bits per heavy atom. The summed E-state index contributed by atoms with van der Waals surface area (Å²) in [5.74, 6) is 0.238. The van der Waals surface area contributed by atoms with Crippen molar-refractivity contribution >= 4 is 28.9 Å². The molecule has 150 valence electrons. The van der Waals surface area contributed by atoms with Crippen LogP contribution in [0, 0.1) is 0 Å². The van der Waals surface area contributed by atoms with Gasteiger partial charge in [-0.05, 0) is 42.5 Å². The number of pyridine rings is 1. The minimum Gasteiger partial charge on any atom is -0.455 e. The van der Waals surface area contributed by atoms with Crippen molar-refractivity contribution in [2.75, 3.05) is 11.1 Å². The van der Waals surface area contributed by atoms with Crippen LogP contribution in [0.3, 0.4) is 0 Å². The van der Waals surface area contributed by atoms with Gasteiger partial charge in [0, 0.05) is 23.1 Å². The number of nitrogens with two attached hydrogens (primary N) is 1. The summed E-state index contributed by atoms with van der Waals surface area (Å²) in [6, 6.07) is 11.4. The molecular weight excluding hydrogens is 407 g/mol. The lowest BCUT2D eigenvalue weighted by Gasteiger charge is -2.14. The molecule has 0 spiro atoms. The molecule has 0 unspecified atom stereocenters. The molecule has 0 aliphatic rings. The lowest BCUT2D eigenvalue weighted by molar-refractivity contribution is -0.137. The predicted octanol–water partition coefficient (Wildman–Crippen LogP) is 5.31. The number of aromatic nitrogens is 1. The molecule has 0 radical (unpaired) electrons. The first-order chi connectivity index (χ1) is 13.7. The molecule has 0 aliphatic heterocycles. The summed E-state index contributed by atoms with van der Waals surface area (Å²) in [5, 5.41) is 1.98. The maximum absolute atomic E-state index is 13.0. The van der Waals surface area contributed by atoms with Gasteiger partial charge in [0.2, 0.25) is 5.91 Å². The van der Waals surface area contributed by atoms with E-state index >= 15 is 0 Å². The summed E-state index contributed by atoms with van der Waals surface area (Å²) in [7, 11) is 0. The molecule has 0 saturated heterocycles. The molecule has 0 saturated carbocycles. The number of anilines is 2. The van der Waals surface area contributed by atoms with Gasteiger partial charge in [-0.25, -0.2) is 0 Å². The van der Waals surface area contributed by atoms with Crippen LogP contribution in [0.1, 0.15) is 11.1 Å². The van der Waals surface area contributed by atoms with E-state index in [0.717, 1.165) is 12.1 Å². The lowest BCUT2D eigenvalue weighted by Crippen LogP contribution is -2.16. The number of nitrogen functional groups attached to an aromatic ring is 1. The molecule has 2 aromatic carbocycles. The second-order valence-corrected chi connectivity index (χ2v) is 6.44. The number of ether oxygens (including phenoxy) is 1. The van der Waals surface area contributed by atoms with Gasteiger partial charge in [0.15, 0.2) is 0 Å². The number of hydrogen-bond donors (Lipinski definition) is 2. The monoisotopic (exact) mass is 421 g/mol. The highest BCUT2D eigenvalue weighted by atomic mass is 35.5. The van der Waals surface area contributed by atoms with E-state index in [2.05, 4.69) is 10.3 Å². The largest absolute Gasteiger partial charge is 0.455 e. The number of nitrogens with zero attached hydrogens (tertiary/aromatic N) is 1. The number of benzene rings is 2. The van der Waals surface area contributed by atoms with Gasteiger partial charge in [-0.2, -0.15) is 13.2 Å². The third kappa shape index (κ3) is 5.17. The van der Waals surface area contributed by atoms with Crippen LogP contribution < -0.4 is 15.8 Å². The molecule has 9 heteroatoms. The van der Waals surface area contributed by atoms with Crippen LogP contribution in [0.5, 0.6) is 11.5 Å². The zero-order valence-electron chi connectivity index (χ0n) is 14.8. The van der Waals surface area contributed by atoms with Gasteiger partial charge in [0.05, 0.1) is 23.2 Å². The number of carbonyl (C=O) groups is 1. The average Bonchev–Trinajstić information content (AvgIpc) is 2.66. The van der Waals surface area contributed by atoms with Gasteiger partial charge in [0.1, 0.15) is 11.5 Å². The highest BCUT2D eigenvalue weighted by molar-refractivity contribution is 6.31. The quantitative estimate of drug-likeness (QED) is 0.547. The molecule has 3 rings (SSSR count). The zero-order valence-corrected chi connectivity index (χ0v) is 15.6. The van der Waals surface area contributed by atoms with E-state index in [9.17, 15) is 18.0 Å². The van der Waals surface area contributed by atoms with Crippen molar-refractivity contribution in [2.45, 2.75) is 12.6 Å². The van der Waals surface area contributed by atoms with Crippen LogP contribution >= 0.6 is 11.6 Å². The van der Waals surface area contributed by atoms with Gasteiger partial charge in [-0.15, -0.1) is 0 Å². The number of alkyl halides is 3. The van der Waals surface area contributed by atoms with E-state index in [1.165, 1.54) is 12.3 Å². The summed E-state index contributed by atoms with van der Waals surface area (Å²) in [6.07, 6.45) is -1.75. The Balaban J connectivity index is 1.79. The van der Waals surface area contributed by atoms with Gasteiger partial charge >= 0.3 is 6.18 Å². The van der Waals surface area contributed by atoms with Gasteiger partial charge in [-0.1, -0.05) is 17.7 Å². The normalized spacial score (nSPS) is 11.2. The Labute approximate surface area is 169 Å². The Morgan fingerprint density at radius 2 is 1.97 bits per heavy atom. The number of halogens is 4. The Morgan fingerprint density at radius 1 is 1.17 bits per heavy atom. The topological polar surface area (TPSA) is 77.2 Å². The van der Waals surface area contributed by atoms with Gasteiger partial charge < -0.3 is 15.8 Å². The van der Waals surface area contributed by atoms with E-state index in [1.54, 1.807) is 36.5 Å². The number of rotatable bonds is 5. The van der Waals surface area contributed by atoms with Crippen molar-refractivity contribution in [3.63, 3.8) is 0 Å². The standard InChI is InChI=1S/C20H15ClF3N3O2/c21-16-7-6-12(9-15(16)20(22,23)24)27-19(28)10-14-17(25)4-1-5-18(14)29-13-3-2-8-26-11-13/h1-9,11H,10,25H2,(H,27,28). The molecule has 1 heterocycles. The van der Waals surface area contributed by atoms with Crippen molar-refractivity contribution in [3.8, 4) is 11.5 Å². The van der Waals surface area contributed by atoms with Crippen molar-refractivity contribution in [1.29, 1.82) is 0 Å². The van der Waals surface area contributed by atoms with Gasteiger partial charge in [0.25, 0.3) is 0 Å². The SMILES string of the molecule is Nc1cccc(Oc2cccnc2)c1CC(=O)Nc1ccc(Cl)c(C(F)(F)F)c1. The second kappa shape index (κ2) is 8.40. The first kappa shape index (κ1) is 20.5. The summed E-state index contributed by atoms with van der Waals surface area (Å²) in [4.78, 5) is 16.4. The summed E-state index contributed by atoms with van der Waals surface area (Å²) < 4.78 is 44.7. The van der Waals surface area contributed by atoms with E-state index < -0.39 is 22.7 Å². The van der Waals surface area contributed by atoms with Crippen LogP contribution in [0.4, 0.5) is 24.5 Å². The molecule has 1 aromatic heterocycles. The fourth-order valence-corrected chi connectivity index (χ4v) is 2.81. The van der Waals surface area contributed by atoms with Crippen LogP contribution in [-0.2, 0) is 17.4 Å². The predicted molar refractivity (Wildman–Crippen MR) is 104 cm³/mol. The fourth-order valence-electron chi connectivity index (χ4n) is 2.59. The Kier molecular flexibility index (Phi) is 5.93. The third-order valence-corrected chi connectivity index (χ3v) is 4.25. The Bertz CT molecular complexity index is 1030. The number of amides is 1. The molecule has 5 nitrogen and oxygen atoms in total. The molecular formula is C20H15ClF3N3O2. The lowest BCUT2D eigenvalue weighted by atomic mass is 10.1. The van der Waals surface area contributed by atoms with Crippen molar-refractivity contribution < 1.29 is 22.7 Å². The average molecular weight is 422 g/mol. The van der Waals surface area contributed by atoms with Crippen LogP contribution in [0.2, 0.25) is 5.02 Å². The van der Waals surface area contributed by atoms with E-state index in [-0.39, 0.29) is 12.1 Å². The minimum absolute atomic E-state index is 0.0315. The molecule has 0 bridgehead atoms. The molecule has 3 N–H and O–H groups in total. The third-order valence-electron chi connectivity index (χ3n) is 3.92. The number of hydrogen-bond acceptors (Lipinski definition) is 4. The second-order valence-electron chi connectivity index (χ2n) is 6.03. The van der Waals surface area contributed by atoms with Crippen molar-refractivity contribution in [2.24, 2.45) is 0 Å². The molecule has 29 heavy (non-hydrogen) atoms. The van der Waals surface area contributed by atoms with Gasteiger partial charge in [-0.3, -0.25) is 9.78 Å². The van der Waals surface area contributed by atoms with Crippen molar-refractivity contribution in [3.05, 3.63) is 77.1 Å². The molecule has 1 amide bonds. The van der Waals surface area contributed by atoms with E-state index in [0.29, 0.717) is 22.7 Å². The highest BCUT2D eigenvalue weighted by Crippen LogP contribution is 2.36. The number of nitrogens with one attached hydrogen (secondary N) is 1. The fraction of sp³-hybridized carbons (Fsp3) is 0.100. The Hall–Kier alpha value is -3.26. The molecule has 0 atom stereocenters. The van der Waals surface area contributed by atoms with Crippen molar-refractivity contribution in [1.82, 2.24) is 4.98 Å². The van der Waals surface area contributed by atoms with Crippen LogP contribution in [0.25, 0.3) is 0 Å². The molecule has 0 aliphatic carbocycles. The first-order valence-electron chi connectivity index (χ1n) is 8.36. The first-order valence-corrected chi connectivity index (χ1v) is 8.73. The smallest absolute Gasteiger partial charge is 0.417 e. The number of carbonyl (C=O) groups excluding carboxylic acids is 1. The van der Waals surface area contributed by atoms with Crippen LogP contribution in [0.15, 0.2) is 60.9 Å². The summed E-state index contributed by atoms with van der Waals surface area (Å²) >= 11 is 5.59. The van der Waals surface area contributed by atoms with E-state index in [4.69, 9.17) is 22.1 Å². The zero-order chi connectivity index (χ0) is 21.0. The van der Waals surface area contributed by atoms with E-state index in [1.807, 2.05) is 0 Å². The minimum atomic E-state index is -4.63.